The van der Waals surface area contributed by atoms with E-state index in [0.29, 0.717) is 26.3 Å². The zero-order chi connectivity index (χ0) is 17.6. The van der Waals surface area contributed by atoms with E-state index in [9.17, 15) is 22.4 Å². The van der Waals surface area contributed by atoms with Gasteiger partial charge in [-0.1, -0.05) is 12.1 Å². The zero-order valence-corrected chi connectivity index (χ0v) is 12.9. The Balaban J connectivity index is 2.03. The molecule has 0 radical (unpaired) electrons. The number of halogens is 4. The fourth-order valence-corrected chi connectivity index (χ4v) is 2.44. The Kier molecular flexibility index (Phi) is 6.44. The molecule has 0 N–H and O–H groups in total. The summed E-state index contributed by atoms with van der Waals surface area (Å²) in [5, 5.41) is 0. The number of carbonyl (C=O) groups excluding carboxylic acids is 1. The van der Waals surface area contributed by atoms with Crippen LogP contribution in [-0.2, 0) is 9.53 Å². The Morgan fingerprint density at radius 2 is 1.88 bits per heavy atom. The van der Waals surface area contributed by atoms with Gasteiger partial charge in [-0.05, 0) is 17.7 Å². The van der Waals surface area contributed by atoms with Gasteiger partial charge in [-0.2, -0.15) is 13.2 Å². The molecule has 0 bridgehead atoms. The quantitative estimate of drug-likeness (QED) is 0.588. The van der Waals surface area contributed by atoms with E-state index >= 15 is 0 Å². The number of ketones is 1. The van der Waals surface area contributed by atoms with Crippen LogP contribution in [0.25, 0.3) is 0 Å². The molecule has 0 amide bonds. The fourth-order valence-electron chi connectivity index (χ4n) is 2.44. The molecule has 2 rings (SSSR count). The highest BCUT2D eigenvalue weighted by molar-refractivity contribution is 5.94. The molecule has 0 unspecified atom stereocenters. The molecule has 1 aromatic rings. The van der Waals surface area contributed by atoms with Crippen LogP contribution in [0.2, 0.25) is 0 Å². The first-order valence-corrected chi connectivity index (χ1v) is 7.53. The molecule has 4 nitrogen and oxygen atoms in total. The third-order valence-electron chi connectivity index (χ3n) is 3.74. The van der Waals surface area contributed by atoms with Crippen molar-refractivity contribution in [3.8, 4) is 0 Å². The maximum absolute atomic E-state index is 13.1. The second kappa shape index (κ2) is 8.34. The van der Waals surface area contributed by atoms with Gasteiger partial charge in [0.25, 0.3) is 0 Å². The van der Waals surface area contributed by atoms with E-state index in [0.717, 1.165) is 11.8 Å². The molecule has 1 fully saturated rings. The lowest BCUT2D eigenvalue weighted by atomic mass is 10.0. The van der Waals surface area contributed by atoms with Gasteiger partial charge in [0, 0.05) is 19.3 Å². The van der Waals surface area contributed by atoms with E-state index < -0.39 is 18.4 Å². The minimum atomic E-state index is -4.84. The van der Waals surface area contributed by atoms with Gasteiger partial charge in [-0.25, -0.2) is 4.39 Å². The zero-order valence-electron chi connectivity index (χ0n) is 12.9. The molecule has 1 heterocycles. The monoisotopic (exact) mass is 346 g/mol. The van der Waals surface area contributed by atoms with Crippen molar-refractivity contribution in [1.82, 2.24) is 4.90 Å². The van der Waals surface area contributed by atoms with Crippen LogP contribution in [0.3, 0.4) is 0 Å². The molecule has 132 valence electrons. The van der Waals surface area contributed by atoms with Crippen LogP contribution >= 0.6 is 0 Å². The molecule has 1 saturated heterocycles. The van der Waals surface area contributed by atoms with E-state index in [1.807, 2.05) is 0 Å². The molecule has 1 atom stereocenters. The molecule has 1 aliphatic rings. The van der Waals surface area contributed by atoms with Gasteiger partial charge in [0.05, 0.1) is 32.2 Å². The highest BCUT2D eigenvalue weighted by atomic mass is 19.4. The van der Waals surface area contributed by atoms with Crippen molar-refractivity contribution < 1.29 is 27.1 Å². The maximum atomic E-state index is 13.1. The molecule has 0 saturated carbocycles. The Bertz CT molecular complexity index is 566. The highest BCUT2D eigenvalue weighted by Crippen LogP contribution is 2.23. The summed E-state index contributed by atoms with van der Waals surface area (Å²) >= 11 is 0. The molecule has 0 spiro atoms. The standard InChI is InChI=1S/C16H18F4N2O2/c17-13-3-1-12(2-4-13)14(22-7-9-24-10-8-22)11-21-6-5-15(23)16(18,19)20/h1-4,6,14H,5,7-11H2/t14-/m0/s1. The number of Topliss-reactive ketones (excluding diaryl/α,β-unsaturated/α-hetero) is 1. The van der Waals surface area contributed by atoms with Crippen molar-refractivity contribution in [2.75, 3.05) is 32.8 Å². The lowest BCUT2D eigenvalue weighted by molar-refractivity contribution is -0.169. The van der Waals surface area contributed by atoms with E-state index in [4.69, 9.17) is 4.74 Å². The van der Waals surface area contributed by atoms with E-state index in [-0.39, 0.29) is 18.4 Å². The average molecular weight is 346 g/mol. The lowest BCUT2D eigenvalue weighted by Gasteiger charge is -2.34. The van der Waals surface area contributed by atoms with Crippen LogP contribution in [0.15, 0.2) is 29.3 Å². The minimum Gasteiger partial charge on any atom is -0.379 e. The van der Waals surface area contributed by atoms with Crippen molar-refractivity contribution in [2.24, 2.45) is 4.99 Å². The highest BCUT2D eigenvalue weighted by Gasteiger charge is 2.37. The van der Waals surface area contributed by atoms with E-state index in [1.165, 1.54) is 12.1 Å². The first kappa shape index (κ1) is 18.5. The maximum Gasteiger partial charge on any atom is 0.450 e. The first-order valence-electron chi connectivity index (χ1n) is 7.53. The summed E-state index contributed by atoms with van der Waals surface area (Å²) in [6.07, 6.45) is -4.62. The van der Waals surface area contributed by atoms with Crippen LogP contribution in [0.4, 0.5) is 17.6 Å². The third-order valence-corrected chi connectivity index (χ3v) is 3.74. The van der Waals surface area contributed by atoms with Gasteiger partial charge in [0.15, 0.2) is 0 Å². The van der Waals surface area contributed by atoms with Crippen molar-refractivity contribution in [3.63, 3.8) is 0 Å². The topological polar surface area (TPSA) is 41.9 Å². The summed E-state index contributed by atoms with van der Waals surface area (Å²) in [6, 6.07) is 5.73. The molecule has 0 aliphatic carbocycles. The summed E-state index contributed by atoms with van der Waals surface area (Å²) < 4.78 is 54.9. The van der Waals surface area contributed by atoms with Crippen molar-refractivity contribution in [1.29, 1.82) is 0 Å². The summed E-state index contributed by atoms with van der Waals surface area (Å²) in [5.74, 6) is -2.19. The Morgan fingerprint density at radius 1 is 1.25 bits per heavy atom. The summed E-state index contributed by atoms with van der Waals surface area (Å²) in [7, 11) is 0. The summed E-state index contributed by atoms with van der Waals surface area (Å²) in [4.78, 5) is 16.9. The van der Waals surface area contributed by atoms with Crippen molar-refractivity contribution >= 4 is 12.0 Å². The van der Waals surface area contributed by atoms with Gasteiger partial charge in [0.2, 0.25) is 5.78 Å². The molecule has 1 aliphatic heterocycles. The minimum absolute atomic E-state index is 0.191. The first-order chi connectivity index (χ1) is 11.4. The Labute approximate surface area is 137 Å². The third kappa shape index (κ3) is 5.38. The number of benzene rings is 1. The molecular formula is C16H18F4N2O2. The van der Waals surface area contributed by atoms with E-state index in [2.05, 4.69) is 9.89 Å². The Morgan fingerprint density at radius 3 is 2.46 bits per heavy atom. The number of morpholine rings is 1. The van der Waals surface area contributed by atoms with Crippen molar-refractivity contribution in [3.05, 3.63) is 35.6 Å². The fraction of sp³-hybridized carbons (Fsp3) is 0.500. The van der Waals surface area contributed by atoms with Crippen LogP contribution in [0.1, 0.15) is 18.0 Å². The largest absolute Gasteiger partial charge is 0.450 e. The molecule has 8 heteroatoms. The molecule has 24 heavy (non-hydrogen) atoms. The number of carbonyl (C=O) groups is 1. The van der Waals surface area contributed by atoms with Gasteiger partial charge in [0.1, 0.15) is 5.82 Å². The van der Waals surface area contributed by atoms with E-state index in [1.54, 1.807) is 12.1 Å². The lowest BCUT2D eigenvalue weighted by Crippen LogP contribution is -2.40. The number of alkyl halides is 3. The second-order valence-corrected chi connectivity index (χ2v) is 5.39. The molecule has 0 aromatic heterocycles. The SMILES string of the molecule is O=C(CC=NC[C@@H](c1ccc(F)cc1)N1CCOCC1)C(F)(F)F. The van der Waals surface area contributed by atoms with Crippen LogP contribution in [-0.4, -0.2) is 55.9 Å². The predicted octanol–water partition coefficient (Wildman–Crippen LogP) is 2.79. The van der Waals surface area contributed by atoms with Gasteiger partial charge < -0.3 is 4.74 Å². The van der Waals surface area contributed by atoms with Gasteiger partial charge in [-0.15, -0.1) is 0 Å². The second-order valence-electron chi connectivity index (χ2n) is 5.39. The normalized spacial score (nSPS) is 18.0. The van der Waals surface area contributed by atoms with Crippen LogP contribution in [0, 0.1) is 5.82 Å². The van der Waals surface area contributed by atoms with Gasteiger partial charge in [-0.3, -0.25) is 14.7 Å². The number of nitrogens with zero attached hydrogens (tertiary/aromatic N) is 2. The van der Waals surface area contributed by atoms with Crippen molar-refractivity contribution in [2.45, 2.75) is 18.6 Å². The number of aliphatic imine (C=N–C) groups is 1. The number of hydrogen-bond acceptors (Lipinski definition) is 4. The average Bonchev–Trinajstić information content (AvgIpc) is 2.56. The smallest absolute Gasteiger partial charge is 0.379 e. The predicted molar refractivity (Wildman–Crippen MR) is 80.6 cm³/mol. The molecular weight excluding hydrogens is 328 g/mol. The van der Waals surface area contributed by atoms with Crippen LogP contribution < -0.4 is 0 Å². The summed E-state index contributed by atoms with van der Waals surface area (Å²) in [5.41, 5.74) is 0.817. The number of hydrogen-bond donors (Lipinski definition) is 0. The Hall–Kier alpha value is -1.80. The number of ether oxygens (including phenoxy) is 1. The summed E-state index contributed by atoms with van der Waals surface area (Å²) in [6.45, 7) is 2.59. The molecule has 1 aromatic carbocycles. The van der Waals surface area contributed by atoms with Crippen LogP contribution in [0.5, 0.6) is 0 Å². The number of rotatable bonds is 6. The van der Waals surface area contributed by atoms with Gasteiger partial charge >= 0.3 is 6.18 Å².